The molecular weight excluding hydrogens is 270 g/mol. The number of hydrogen-bond acceptors (Lipinski definition) is 5. The predicted octanol–water partition coefficient (Wildman–Crippen LogP) is 3.23. The summed E-state index contributed by atoms with van der Waals surface area (Å²) in [6, 6.07) is 2.04. The number of unbranched alkanes of at least 4 members (excludes halogenated alkanes) is 2. The van der Waals surface area contributed by atoms with E-state index in [9.17, 15) is 14.9 Å². The summed E-state index contributed by atoms with van der Waals surface area (Å²) in [4.78, 5) is 24.5. The van der Waals surface area contributed by atoms with Gasteiger partial charge in [0, 0.05) is 0 Å². The molecule has 0 N–H and O–H groups in total. The van der Waals surface area contributed by atoms with Crippen LogP contribution in [-0.4, -0.2) is 25.2 Å². The zero-order chi connectivity index (χ0) is 16.3. The molecule has 5 heteroatoms. The normalized spacial score (nSPS) is 14.6. The SMILES string of the molecule is CCCCCC(C(=O)OCC)C(C#N)(CC)C(=O)OCC. The maximum Gasteiger partial charge on any atom is 0.327 e. The van der Waals surface area contributed by atoms with Gasteiger partial charge in [-0.25, -0.2) is 0 Å². The number of rotatable bonds is 10. The summed E-state index contributed by atoms with van der Waals surface area (Å²) < 4.78 is 10.1. The van der Waals surface area contributed by atoms with Crippen LogP contribution in [-0.2, 0) is 19.1 Å². The Morgan fingerprint density at radius 3 is 2.14 bits per heavy atom. The van der Waals surface area contributed by atoms with Crippen LogP contribution in [0, 0.1) is 22.7 Å². The fraction of sp³-hybridized carbons (Fsp3) is 0.812. The Kier molecular flexibility index (Phi) is 9.44. The van der Waals surface area contributed by atoms with Crippen LogP contribution in [0.3, 0.4) is 0 Å². The van der Waals surface area contributed by atoms with Gasteiger partial charge < -0.3 is 9.47 Å². The molecule has 120 valence electrons. The lowest BCUT2D eigenvalue weighted by atomic mass is 9.72. The van der Waals surface area contributed by atoms with E-state index < -0.39 is 23.3 Å². The van der Waals surface area contributed by atoms with Crippen molar-refractivity contribution in [3.05, 3.63) is 0 Å². The molecule has 2 unspecified atom stereocenters. The highest BCUT2D eigenvalue weighted by Gasteiger charge is 2.50. The van der Waals surface area contributed by atoms with E-state index >= 15 is 0 Å². The zero-order valence-corrected chi connectivity index (χ0v) is 13.6. The quantitative estimate of drug-likeness (QED) is 0.457. The van der Waals surface area contributed by atoms with Crippen molar-refractivity contribution in [3.63, 3.8) is 0 Å². The van der Waals surface area contributed by atoms with Crippen molar-refractivity contribution in [2.75, 3.05) is 13.2 Å². The fourth-order valence-electron chi connectivity index (χ4n) is 2.40. The standard InChI is InChI=1S/C16H27NO4/c1-5-9-10-11-13(14(18)20-7-3)16(6-2,12-17)15(19)21-8-4/h13H,5-11H2,1-4H3. The van der Waals surface area contributed by atoms with Gasteiger partial charge in [-0.3, -0.25) is 9.59 Å². The largest absolute Gasteiger partial charge is 0.466 e. The number of nitrogens with zero attached hydrogens (tertiary/aromatic N) is 1. The molecule has 0 radical (unpaired) electrons. The third-order valence-corrected chi connectivity index (χ3v) is 3.66. The van der Waals surface area contributed by atoms with Gasteiger partial charge in [0.2, 0.25) is 0 Å². The topological polar surface area (TPSA) is 76.4 Å². The Bertz CT molecular complexity index is 375. The van der Waals surface area contributed by atoms with Gasteiger partial charge in [-0.15, -0.1) is 0 Å². The zero-order valence-electron chi connectivity index (χ0n) is 13.6. The minimum absolute atomic E-state index is 0.187. The van der Waals surface area contributed by atoms with Gasteiger partial charge in [0.1, 0.15) is 0 Å². The summed E-state index contributed by atoms with van der Waals surface area (Å²) in [6.45, 7) is 7.61. The first-order valence-electron chi connectivity index (χ1n) is 7.79. The lowest BCUT2D eigenvalue weighted by Gasteiger charge is -2.30. The molecule has 0 saturated heterocycles. The Labute approximate surface area is 127 Å². The van der Waals surface area contributed by atoms with Gasteiger partial charge in [0.25, 0.3) is 0 Å². The average Bonchev–Trinajstić information content (AvgIpc) is 2.47. The van der Waals surface area contributed by atoms with Crippen LogP contribution in [0.15, 0.2) is 0 Å². The highest BCUT2D eigenvalue weighted by Crippen LogP contribution is 2.37. The van der Waals surface area contributed by atoms with Crippen molar-refractivity contribution in [3.8, 4) is 6.07 Å². The smallest absolute Gasteiger partial charge is 0.327 e. The summed E-state index contributed by atoms with van der Waals surface area (Å²) in [6.07, 6.45) is 3.43. The fourth-order valence-corrected chi connectivity index (χ4v) is 2.40. The van der Waals surface area contributed by atoms with Crippen LogP contribution in [0.25, 0.3) is 0 Å². The number of ether oxygens (including phenoxy) is 2. The van der Waals surface area contributed by atoms with Crippen LogP contribution < -0.4 is 0 Å². The molecule has 0 aromatic rings. The van der Waals surface area contributed by atoms with Crippen LogP contribution >= 0.6 is 0 Å². The molecule has 0 spiro atoms. The van der Waals surface area contributed by atoms with E-state index in [0.717, 1.165) is 19.3 Å². The van der Waals surface area contributed by atoms with E-state index in [4.69, 9.17) is 9.47 Å². The molecule has 0 bridgehead atoms. The first-order valence-corrected chi connectivity index (χ1v) is 7.79. The molecule has 5 nitrogen and oxygen atoms in total. The molecule has 0 aliphatic heterocycles. The van der Waals surface area contributed by atoms with Crippen LogP contribution in [0.5, 0.6) is 0 Å². The van der Waals surface area contributed by atoms with Crippen LogP contribution in [0.4, 0.5) is 0 Å². The van der Waals surface area contributed by atoms with Gasteiger partial charge >= 0.3 is 11.9 Å². The molecule has 0 aliphatic carbocycles. The summed E-state index contributed by atoms with van der Waals surface area (Å²) in [5, 5.41) is 9.56. The highest BCUT2D eigenvalue weighted by atomic mass is 16.5. The van der Waals surface area contributed by atoms with Crippen molar-refractivity contribution in [2.24, 2.45) is 11.3 Å². The van der Waals surface area contributed by atoms with Crippen molar-refractivity contribution in [2.45, 2.75) is 59.8 Å². The summed E-state index contributed by atoms with van der Waals surface area (Å²) in [5.74, 6) is -1.87. The highest BCUT2D eigenvalue weighted by molar-refractivity contribution is 5.87. The molecule has 0 aliphatic rings. The number of carbonyl (C=O) groups is 2. The summed E-state index contributed by atoms with van der Waals surface area (Å²) in [5.41, 5.74) is -1.45. The lowest BCUT2D eigenvalue weighted by Crippen LogP contribution is -2.43. The monoisotopic (exact) mass is 297 g/mol. The second kappa shape index (κ2) is 10.2. The van der Waals surface area contributed by atoms with Gasteiger partial charge in [0.05, 0.1) is 25.2 Å². The van der Waals surface area contributed by atoms with E-state index in [1.807, 2.05) is 6.07 Å². The molecule has 0 aromatic carbocycles. The van der Waals surface area contributed by atoms with E-state index in [1.54, 1.807) is 20.8 Å². The molecule has 2 atom stereocenters. The van der Waals surface area contributed by atoms with Crippen molar-refractivity contribution in [1.82, 2.24) is 0 Å². The van der Waals surface area contributed by atoms with Crippen molar-refractivity contribution in [1.29, 1.82) is 5.26 Å². The number of esters is 2. The Balaban J connectivity index is 5.40. The summed E-state index contributed by atoms with van der Waals surface area (Å²) in [7, 11) is 0. The molecule has 21 heavy (non-hydrogen) atoms. The third kappa shape index (κ3) is 5.04. The third-order valence-electron chi connectivity index (χ3n) is 3.66. The average molecular weight is 297 g/mol. The van der Waals surface area contributed by atoms with Crippen LogP contribution in [0.2, 0.25) is 0 Å². The Morgan fingerprint density at radius 1 is 1.10 bits per heavy atom. The second-order valence-electron chi connectivity index (χ2n) is 4.96. The molecule has 0 heterocycles. The maximum absolute atomic E-state index is 12.3. The molecule has 0 fully saturated rings. The minimum atomic E-state index is -1.45. The van der Waals surface area contributed by atoms with E-state index in [1.165, 1.54) is 0 Å². The predicted molar refractivity (Wildman–Crippen MR) is 79.2 cm³/mol. The van der Waals surface area contributed by atoms with Gasteiger partial charge in [-0.05, 0) is 26.7 Å². The number of hydrogen-bond donors (Lipinski definition) is 0. The Morgan fingerprint density at radius 2 is 1.71 bits per heavy atom. The lowest BCUT2D eigenvalue weighted by molar-refractivity contribution is -0.166. The van der Waals surface area contributed by atoms with Gasteiger partial charge in [-0.1, -0.05) is 33.1 Å². The molecule has 0 saturated carbocycles. The van der Waals surface area contributed by atoms with E-state index in [2.05, 4.69) is 6.92 Å². The first kappa shape index (κ1) is 19.4. The number of nitriles is 1. The van der Waals surface area contributed by atoms with Crippen molar-refractivity contribution >= 4 is 11.9 Å². The molecule has 0 rings (SSSR count). The molecule has 0 aromatic heterocycles. The summed E-state index contributed by atoms with van der Waals surface area (Å²) >= 11 is 0. The van der Waals surface area contributed by atoms with Gasteiger partial charge in [0.15, 0.2) is 5.41 Å². The van der Waals surface area contributed by atoms with Gasteiger partial charge in [-0.2, -0.15) is 5.26 Å². The number of carbonyl (C=O) groups excluding carboxylic acids is 2. The van der Waals surface area contributed by atoms with E-state index in [0.29, 0.717) is 6.42 Å². The minimum Gasteiger partial charge on any atom is -0.466 e. The molecule has 0 amide bonds. The Hall–Kier alpha value is -1.57. The second-order valence-corrected chi connectivity index (χ2v) is 4.96. The molecular formula is C16H27NO4. The maximum atomic E-state index is 12.3. The first-order chi connectivity index (χ1) is 10.0. The van der Waals surface area contributed by atoms with E-state index in [-0.39, 0.29) is 19.6 Å². The van der Waals surface area contributed by atoms with Crippen molar-refractivity contribution < 1.29 is 19.1 Å². The van der Waals surface area contributed by atoms with Crippen LogP contribution in [0.1, 0.15) is 59.8 Å².